The van der Waals surface area contributed by atoms with Crippen molar-refractivity contribution in [3.05, 3.63) is 23.8 Å². The van der Waals surface area contributed by atoms with Crippen LogP contribution in [0, 0.1) is 5.92 Å². The van der Waals surface area contributed by atoms with Gasteiger partial charge in [-0.25, -0.2) is 8.42 Å². The van der Waals surface area contributed by atoms with Crippen LogP contribution in [-0.4, -0.2) is 44.0 Å². The summed E-state index contributed by atoms with van der Waals surface area (Å²) in [6.07, 6.45) is -4.61. The summed E-state index contributed by atoms with van der Waals surface area (Å²) in [5, 5.41) is 8.91. The first-order chi connectivity index (χ1) is 10.6. The number of nitrogens with zero attached hydrogens (tertiary/aromatic N) is 1. The van der Waals surface area contributed by atoms with Crippen molar-refractivity contribution >= 4 is 16.0 Å². The summed E-state index contributed by atoms with van der Waals surface area (Å²) in [6, 6.07) is 2.20. The molecule has 1 heterocycles. The van der Waals surface area contributed by atoms with Gasteiger partial charge in [0.15, 0.2) is 0 Å². The van der Waals surface area contributed by atoms with E-state index in [1.165, 1.54) is 0 Å². The molecule has 2 rings (SSSR count). The number of carboxylic acid groups (broad SMARTS) is 1. The van der Waals surface area contributed by atoms with Crippen LogP contribution in [0.15, 0.2) is 23.1 Å². The molecule has 0 aromatic heterocycles. The number of hydrogen-bond donors (Lipinski definition) is 1. The molecular weight excluding hydrogens is 339 g/mol. The molecule has 0 saturated carbocycles. The Kier molecular flexibility index (Phi) is 4.58. The maximum atomic E-state index is 12.9. The Morgan fingerprint density at radius 3 is 2.48 bits per heavy atom. The van der Waals surface area contributed by atoms with Crippen molar-refractivity contribution in [2.75, 3.05) is 20.2 Å². The number of sulfonamides is 1. The van der Waals surface area contributed by atoms with Crippen molar-refractivity contribution in [3.8, 4) is 5.75 Å². The molecule has 1 aliphatic rings. The molecule has 128 valence electrons. The van der Waals surface area contributed by atoms with E-state index in [1.54, 1.807) is 0 Å². The van der Waals surface area contributed by atoms with Crippen LogP contribution in [0.4, 0.5) is 13.2 Å². The second kappa shape index (κ2) is 6.00. The van der Waals surface area contributed by atoms with Crippen LogP contribution in [0.3, 0.4) is 0 Å². The highest BCUT2D eigenvalue weighted by molar-refractivity contribution is 7.89. The fraction of sp³-hybridized carbons (Fsp3) is 0.462. The van der Waals surface area contributed by atoms with E-state index in [0.717, 1.165) is 17.5 Å². The Hall–Kier alpha value is -1.81. The van der Waals surface area contributed by atoms with Gasteiger partial charge in [0.1, 0.15) is 5.75 Å². The molecule has 1 unspecified atom stereocenters. The normalized spacial score (nSPS) is 19.7. The summed E-state index contributed by atoms with van der Waals surface area (Å²) in [5.74, 6) is -2.24. The lowest BCUT2D eigenvalue weighted by Gasteiger charge is -2.18. The van der Waals surface area contributed by atoms with Crippen LogP contribution < -0.4 is 4.74 Å². The average molecular weight is 353 g/mol. The topological polar surface area (TPSA) is 83.9 Å². The number of carbonyl (C=O) groups is 1. The van der Waals surface area contributed by atoms with Gasteiger partial charge in [0, 0.05) is 19.2 Å². The lowest BCUT2D eigenvalue weighted by atomic mass is 10.1. The summed E-state index contributed by atoms with van der Waals surface area (Å²) < 4.78 is 69.2. The Labute approximate surface area is 130 Å². The lowest BCUT2D eigenvalue weighted by Crippen LogP contribution is -2.30. The highest BCUT2D eigenvalue weighted by Crippen LogP contribution is 2.35. The van der Waals surface area contributed by atoms with Gasteiger partial charge in [-0.3, -0.25) is 4.79 Å². The summed E-state index contributed by atoms with van der Waals surface area (Å²) >= 11 is 0. The van der Waals surface area contributed by atoms with Gasteiger partial charge in [-0.05, 0) is 18.6 Å². The molecule has 1 fully saturated rings. The summed E-state index contributed by atoms with van der Waals surface area (Å²) in [6.45, 7) is -0.325. The standard InChI is InChI=1S/C13H14F3NO5S/c1-22-10-4-9(13(14,15)16)5-11(6-10)23(20,21)17-3-2-8(7-17)12(18)19/h4-6,8H,2-3,7H2,1H3,(H,18,19). The van der Waals surface area contributed by atoms with Crippen molar-refractivity contribution < 1.29 is 36.2 Å². The van der Waals surface area contributed by atoms with Gasteiger partial charge in [-0.2, -0.15) is 17.5 Å². The molecular formula is C13H14F3NO5S. The van der Waals surface area contributed by atoms with Gasteiger partial charge in [-0.15, -0.1) is 0 Å². The first-order valence-electron chi connectivity index (χ1n) is 6.55. The van der Waals surface area contributed by atoms with Gasteiger partial charge in [0.2, 0.25) is 10.0 Å². The molecule has 0 aliphatic carbocycles. The summed E-state index contributed by atoms with van der Waals surface area (Å²) in [5.41, 5.74) is -1.15. The third kappa shape index (κ3) is 3.58. The maximum absolute atomic E-state index is 12.9. The van der Waals surface area contributed by atoms with Gasteiger partial charge in [0.25, 0.3) is 0 Å². The lowest BCUT2D eigenvalue weighted by molar-refractivity contribution is -0.141. The second-order valence-corrected chi connectivity index (χ2v) is 7.02. The van der Waals surface area contributed by atoms with Crippen LogP contribution in [0.25, 0.3) is 0 Å². The van der Waals surface area contributed by atoms with Crippen molar-refractivity contribution in [1.29, 1.82) is 0 Å². The van der Waals surface area contributed by atoms with Gasteiger partial charge in [0.05, 0.1) is 23.5 Å². The Balaban J connectivity index is 2.42. The summed E-state index contributed by atoms with van der Waals surface area (Å²) in [7, 11) is -3.10. The van der Waals surface area contributed by atoms with Crippen LogP contribution in [-0.2, 0) is 21.0 Å². The smallest absolute Gasteiger partial charge is 0.416 e. The van der Waals surface area contributed by atoms with Crippen molar-refractivity contribution in [2.45, 2.75) is 17.5 Å². The minimum Gasteiger partial charge on any atom is -0.497 e. The predicted octanol–water partition coefficient (Wildman–Crippen LogP) is 1.81. The molecule has 10 heteroatoms. The molecule has 1 aromatic rings. The number of alkyl halides is 3. The van der Waals surface area contributed by atoms with Gasteiger partial charge < -0.3 is 9.84 Å². The van der Waals surface area contributed by atoms with E-state index in [2.05, 4.69) is 0 Å². The third-order valence-electron chi connectivity index (χ3n) is 3.58. The fourth-order valence-corrected chi connectivity index (χ4v) is 3.86. The number of carboxylic acids is 1. The molecule has 6 nitrogen and oxygen atoms in total. The zero-order chi connectivity index (χ0) is 17.4. The number of hydrogen-bond acceptors (Lipinski definition) is 4. The fourth-order valence-electron chi connectivity index (χ4n) is 2.30. The second-order valence-electron chi connectivity index (χ2n) is 5.08. The molecule has 1 aromatic carbocycles. The van der Waals surface area contributed by atoms with E-state index in [9.17, 15) is 26.4 Å². The van der Waals surface area contributed by atoms with E-state index >= 15 is 0 Å². The molecule has 1 N–H and O–H groups in total. The highest BCUT2D eigenvalue weighted by atomic mass is 32.2. The van der Waals surface area contributed by atoms with Crippen LogP contribution in [0.2, 0.25) is 0 Å². The molecule has 1 aliphatic heterocycles. The van der Waals surface area contributed by atoms with Crippen LogP contribution in [0.5, 0.6) is 5.75 Å². The van der Waals surface area contributed by atoms with E-state index in [4.69, 9.17) is 9.84 Å². The summed E-state index contributed by atoms with van der Waals surface area (Å²) in [4.78, 5) is 10.3. The van der Waals surface area contributed by atoms with E-state index in [-0.39, 0.29) is 25.3 Å². The van der Waals surface area contributed by atoms with Crippen LogP contribution >= 0.6 is 0 Å². The largest absolute Gasteiger partial charge is 0.497 e. The molecule has 0 bridgehead atoms. The number of rotatable bonds is 4. The van der Waals surface area contributed by atoms with Crippen molar-refractivity contribution in [2.24, 2.45) is 5.92 Å². The Morgan fingerprint density at radius 2 is 2.00 bits per heavy atom. The molecule has 1 saturated heterocycles. The third-order valence-corrected chi connectivity index (χ3v) is 5.42. The first-order valence-corrected chi connectivity index (χ1v) is 7.99. The number of ether oxygens (including phenoxy) is 1. The van der Waals surface area contributed by atoms with Gasteiger partial charge >= 0.3 is 12.1 Å². The zero-order valence-electron chi connectivity index (χ0n) is 12.0. The van der Waals surface area contributed by atoms with Crippen molar-refractivity contribution in [1.82, 2.24) is 4.31 Å². The van der Waals surface area contributed by atoms with Crippen LogP contribution in [0.1, 0.15) is 12.0 Å². The zero-order valence-corrected chi connectivity index (χ0v) is 12.8. The Morgan fingerprint density at radius 1 is 1.35 bits per heavy atom. The van der Waals surface area contributed by atoms with E-state index < -0.39 is 38.5 Å². The number of halogens is 3. The minimum atomic E-state index is -4.73. The van der Waals surface area contributed by atoms with Gasteiger partial charge in [-0.1, -0.05) is 0 Å². The van der Waals surface area contributed by atoms with E-state index in [0.29, 0.717) is 12.1 Å². The molecule has 1 atom stereocenters. The molecule has 0 amide bonds. The number of aliphatic carboxylic acids is 1. The number of benzene rings is 1. The minimum absolute atomic E-state index is 0.0577. The molecule has 23 heavy (non-hydrogen) atoms. The quantitative estimate of drug-likeness (QED) is 0.892. The SMILES string of the molecule is COc1cc(C(F)(F)F)cc(S(=O)(=O)N2CCC(C(=O)O)C2)c1. The van der Waals surface area contributed by atoms with E-state index in [1.807, 2.05) is 0 Å². The molecule has 0 radical (unpaired) electrons. The first kappa shape index (κ1) is 17.5. The van der Waals surface area contributed by atoms with Crippen molar-refractivity contribution in [3.63, 3.8) is 0 Å². The monoisotopic (exact) mass is 353 g/mol. The maximum Gasteiger partial charge on any atom is 0.416 e. The number of methoxy groups -OCH3 is 1. The Bertz CT molecular complexity index is 717. The average Bonchev–Trinajstić information content (AvgIpc) is 2.96. The predicted molar refractivity (Wildman–Crippen MR) is 72.5 cm³/mol. The highest BCUT2D eigenvalue weighted by Gasteiger charge is 2.38. The molecule has 0 spiro atoms.